The maximum atomic E-state index is 5.26. The first-order valence-corrected chi connectivity index (χ1v) is 11.0. The minimum atomic E-state index is 0.526. The summed E-state index contributed by atoms with van der Waals surface area (Å²) in [5.74, 6) is 0. The predicted molar refractivity (Wildman–Crippen MR) is 125 cm³/mol. The van der Waals surface area contributed by atoms with Crippen molar-refractivity contribution in [2.24, 2.45) is 10.2 Å². The van der Waals surface area contributed by atoms with E-state index in [4.69, 9.17) is 24.4 Å². The summed E-state index contributed by atoms with van der Waals surface area (Å²) in [4.78, 5) is 4.88. The molecule has 158 valence electrons. The van der Waals surface area contributed by atoms with E-state index in [1.165, 1.54) is 51.9 Å². The third-order valence-electron chi connectivity index (χ3n) is 5.00. The van der Waals surface area contributed by atoms with E-state index >= 15 is 0 Å². The van der Waals surface area contributed by atoms with E-state index in [-0.39, 0.29) is 0 Å². The first-order valence-electron chi connectivity index (χ1n) is 10.2. The summed E-state index contributed by atoms with van der Waals surface area (Å²) in [6, 6.07) is 0. The second-order valence-electron chi connectivity index (χ2n) is 7.23. The van der Waals surface area contributed by atoms with Crippen molar-refractivity contribution in [1.29, 1.82) is 0 Å². The first kappa shape index (κ1) is 22.9. The zero-order valence-corrected chi connectivity index (χ0v) is 18.7. The highest BCUT2D eigenvalue weighted by atomic mass is 32.1. The van der Waals surface area contributed by atoms with E-state index in [0.29, 0.717) is 10.2 Å². The molecule has 0 radical (unpaired) electrons. The van der Waals surface area contributed by atoms with Gasteiger partial charge in [0.25, 0.3) is 0 Å². The largest absolute Gasteiger partial charge is 0.360 e. The van der Waals surface area contributed by atoms with Gasteiger partial charge in [-0.1, -0.05) is 0 Å². The number of hydrazone groups is 2. The highest BCUT2D eigenvalue weighted by Gasteiger charge is 2.11. The Balaban J connectivity index is 1.58. The molecule has 0 atom stereocenters. The third-order valence-corrected chi connectivity index (χ3v) is 5.47. The molecule has 28 heavy (non-hydrogen) atoms. The van der Waals surface area contributed by atoms with Crippen LogP contribution in [0.5, 0.6) is 0 Å². The lowest BCUT2D eigenvalue weighted by Crippen LogP contribution is -2.39. The van der Waals surface area contributed by atoms with Gasteiger partial charge in [0.1, 0.15) is 0 Å². The van der Waals surface area contributed by atoms with Crippen LogP contribution >= 0.6 is 24.4 Å². The summed E-state index contributed by atoms with van der Waals surface area (Å²) in [5.41, 5.74) is 7.23. The van der Waals surface area contributed by atoms with E-state index in [9.17, 15) is 0 Å². The maximum Gasteiger partial charge on any atom is 0.187 e. The third kappa shape index (κ3) is 9.22. The molecule has 2 fully saturated rings. The molecule has 2 heterocycles. The molecule has 4 N–H and O–H groups in total. The Morgan fingerprint density at radius 1 is 0.714 bits per heavy atom. The van der Waals surface area contributed by atoms with Crippen molar-refractivity contribution in [2.75, 3.05) is 52.4 Å². The van der Waals surface area contributed by atoms with Gasteiger partial charge in [-0.05, 0) is 90.1 Å². The van der Waals surface area contributed by atoms with Gasteiger partial charge >= 0.3 is 0 Å². The quantitative estimate of drug-likeness (QED) is 0.246. The lowest BCUT2D eigenvalue weighted by Gasteiger charge is -2.15. The van der Waals surface area contributed by atoms with Crippen LogP contribution in [-0.4, -0.2) is 83.8 Å². The molecular formula is C18H34N8S2. The molecule has 10 heteroatoms. The van der Waals surface area contributed by atoms with Crippen LogP contribution in [0.2, 0.25) is 0 Å². The Morgan fingerprint density at radius 2 is 1.07 bits per heavy atom. The lowest BCUT2D eigenvalue weighted by molar-refractivity contribution is 0.343. The van der Waals surface area contributed by atoms with Crippen molar-refractivity contribution in [2.45, 2.75) is 39.5 Å². The minimum absolute atomic E-state index is 0.526. The molecule has 0 bridgehead atoms. The smallest absolute Gasteiger partial charge is 0.187 e. The monoisotopic (exact) mass is 426 g/mol. The van der Waals surface area contributed by atoms with Gasteiger partial charge < -0.3 is 20.4 Å². The molecule has 0 aromatic rings. The van der Waals surface area contributed by atoms with Gasteiger partial charge in [0, 0.05) is 26.2 Å². The van der Waals surface area contributed by atoms with Crippen LogP contribution in [0.4, 0.5) is 0 Å². The number of rotatable bonds is 9. The van der Waals surface area contributed by atoms with E-state index < -0.39 is 0 Å². The number of thiocarbonyl (C=S) groups is 2. The van der Waals surface area contributed by atoms with E-state index in [2.05, 4.69) is 41.5 Å². The second kappa shape index (κ2) is 13.0. The van der Waals surface area contributed by atoms with Gasteiger partial charge in [0.15, 0.2) is 10.2 Å². The summed E-state index contributed by atoms with van der Waals surface area (Å²) in [6.45, 7) is 12.2. The molecule has 0 aromatic carbocycles. The van der Waals surface area contributed by atoms with Crippen molar-refractivity contribution in [3.05, 3.63) is 0 Å². The summed E-state index contributed by atoms with van der Waals surface area (Å²) in [7, 11) is 0. The summed E-state index contributed by atoms with van der Waals surface area (Å²) >= 11 is 10.5. The van der Waals surface area contributed by atoms with Gasteiger partial charge in [-0.3, -0.25) is 10.9 Å². The summed E-state index contributed by atoms with van der Waals surface area (Å²) in [5, 5.41) is 16.0. The molecule has 2 aliphatic heterocycles. The Hall–Kier alpha value is -1.36. The van der Waals surface area contributed by atoms with Crippen molar-refractivity contribution in [3.8, 4) is 0 Å². The Labute approximate surface area is 179 Å². The molecule has 2 saturated heterocycles. The Kier molecular flexibility index (Phi) is 10.6. The molecule has 2 rings (SSSR count). The van der Waals surface area contributed by atoms with E-state index in [1.807, 2.05) is 13.8 Å². The zero-order chi connectivity index (χ0) is 20.2. The van der Waals surface area contributed by atoms with Gasteiger partial charge in [0.2, 0.25) is 0 Å². The number of hydrogen-bond donors (Lipinski definition) is 4. The molecule has 8 nitrogen and oxygen atoms in total. The van der Waals surface area contributed by atoms with Gasteiger partial charge in [0.05, 0.1) is 11.4 Å². The molecule has 0 aromatic heterocycles. The highest BCUT2D eigenvalue weighted by molar-refractivity contribution is 7.80. The average molecular weight is 427 g/mol. The SMILES string of the molecule is CC(=N\NC(=S)NCCN1CCCC1)/C(C)=N/NC(=S)NCCN1CCCC1. The first-order chi connectivity index (χ1) is 13.5. The van der Waals surface area contributed by atoms with Gasteiger partial charge in [-0.15, -0.1) is 0 Å². The van der Waals surface area contributed by atoms with Crippen molar-refractivity contribution in [1.82, 2.24) is 31.3 Å². The van der Waals surface area contributed by atoms with E-state index in [0.717, 1.165) is 37.6 Å². The molecule has 0 amide bonds. The fourth-order valence-electron chi connectivity index (χ4n) is 3.18. The topological polar surface area (TPSA) is 79.3 Å². The fraction of sp³-hybridized carbons (Fsp3) is 0.778. The van der Waals surface area contributed by atoms with Gasteiger partial charge in [-0.25, -0.2) is 0 Å². The van der Waals surface area contributed by atoms with Crippen molar-refractivity contribution < 1.29 is 0 Å². The molecule has 2 aliphatic rings. The number of likely N-dealkylation sites (tertiary alicyclic amines) is 2. The minimum Gasteiger partial charge on any atom is -0.360 e. The Bertz CT molecular complexity index is 516. The Morgan fingerprint density at radius 3 is 1.43 bits per heavy atom. The predicted octanol–water partition coefficient (Wildman–Crippen LogP) is 0.858. The lowest BCUT2D eigenvalue weighted by atomic mass is 10.3. The summed E-state index contributed by atoms with van der Waals surface area (Å²) < 4.78 is 0. The highest BCUT2D eigenvalue weighted by Crippen LogP contribution is 2.06. The second-order valence-corrected chi connectivity index (χ2v) is 8.04. The van der Waals surface area contributed by atoms with Crippen molar-refractivity contribution in [3.63, 3.8) is 0 Å². The van der Waals surface area contributed by atoms with Crippen LogP contribution in [0.3, 0.4) is 0 Å². The van der Waals surface area contributed by atoms with E-state index in [1.54, 1.807) is 0 Å². The van der Waals surface area contributed by atoms with Crippen LogP contribution in [0, 0.1) is 0 Å². The zero-order valence-electron chi connectivity index (χ0n) is 17.1. The molecule has 0 spiro atoms. The van der Waals surface area contributed by atoms with Crippen LogP contribution < -0.4 is 21.5 Å². The summed E-state index contributed by atoms with van der Waals surface area (Å²) in [6.07, 6.45) is 5.21. The van der Waals surface area contributed by atoms with Crippen LogP contribution in [0.25, 0.3) is 0 Å². The standard InChI is InChI=1S/C18H34N8S2/c1-15(21-23-17(27)19-7-13-25-9-3-4-10-25)16(2)22-24-18(28)20-8-14-26-11-5-6-12-26/h3-14H2,1-2H3,(H2,19,23,27)(H2,20,24,28)/b21-15+,22-16+. The number of hydrogen-bond acceptors (Lipinski definition) is 6. The van der Waals surface area contributed by atoms with Crippen LogP contribution in [0.15, 0.2) is 10.2 Å². The fourth-order valence-corrected chi connectivity index (χ4v) is 3.47. The van der Waals surface area contributed by atoms with Crippen molar-refractivity contribution >= 4 is 46.1 Å². The number of nitrogens with zero attached hydrogens (tertiary/aromatic N) is 4. The molecule has 0 unspecified atom stereocenters. The van der Waals surface area contributed by atoms with Gasteiger partial charge in [-0.2, -0.15) is 10.2 Å². The number of nitrogens with one attached hydrogen (secondary N) is 4. The molecular weight excluding hydrogens is 392 g/mol. The molecule has 0 saturated carbocycles. The maximum absolute atomic E-state index is 5.26. The average Bonchev–Trinajstić information content (AvgIpc) is 3.38. The molecule has 0 aliphatic carbocycles. The normalized spacial score (nSPS) is 18.9. The van der Waals surface area contributed by atoms with Crippen LogP contribution in [0.1, 0.15) is 39.5 Å². The van der Waals surface area contributed by atoms with Crippen LogP contribution in [-0.2, 0) is 0 Å².